The molecule has 3 aromatic carbocycles. The average molecular weight is 451 g/mol. The van der Waals surface area contributed by atoms with E-state index in [0.717, 1.165) is 24.3 Å². The van der Waals surface area contributed by atoms with Crippen LogP contribution >= 0.6 is 0 Å². The SMILES string of the molecule is COc1ccc(/C=C/C(=O)c2cc(F)ccc2OC(=O)c2cccc([N+](=O)[O-])c2)cc1OC. The highest BCUT2D eigenvalue weighted by Gasteiger charge is 2.18. The summed E-state index contributed by atoms with van der Waals surface area (Å²) < 4.78 is 29.5. The van der Waals surface area contributed by atoms with E-state index in [4.69, 9.17) is 14.2 Å². The molecule has 33 heavy (non-hydrogen) atoms. The molecule has 0 radical (unpaired) electrons. The lowest BCUT2D eigenvalue weighted by atomic mass is 10.1. The van der Waals surface area contributed by atoms with Crippen molar-refractivity contribution in [2.24, 2.45) is 0 Å². The highest BCUT2D eigenvalue weighted by Crippen LogP contribution is 2.28. The van der Waals surface area contributed by atoms with E-state index in [1.807, 2.05) is 0 Å². The van der Waals surface area contributed by atoms with Crippen molar-refractivity contribution in [1.82, 2.24) is 0 Å². The van der Waals surface area contributed by atoms with Gasteiger partial charge >= 0.3 is 5.97 Å². The molecule has 3 aromatic rings. The van der Waals surface area contributed by atoms with E-state index in [-0.39, 0.29) is 22.6 Å². The number of hydrogen-bond acceptors (Lipinski definition) is 7. The number of esters is 1. The van der Waals surface area contributed by atoms with Crippen LogP contribution in [0.15, 0.2) is 66.7 Å². The lowest BCUT2D eigenvalue weighted by molar-refractivity contribution is -0.384. The number of allylic oxidation sites excluding steroid dienone is 1. The average Bonchev–Trinajstić information content (AvgIpc) is 2.83. The lowest BCUT2D eigenvalue weighted by Crippen LogP contribution is -2.11. The normalized spacial score (nSPS) is 10.6. The van der Waals surface area contributed by atoms with E-state index in [1.165, 1.54) is 44.6 Å². The molecule has 0 aromatic heterocycles. The van der Waals surface area contributed by atoms with E-state index in [9.17, 15) is 24.1 Å². The van der Waals surface area contributed by atoms with Gasteiger partial charge in [-0.15, -0.1) is 0 Å². The van der Waals surface area contributed by atoms with E-state index in [2.05, 4.69) is 0 Å². The molecule has 0 aliphatic heterocycles. The molecule has 0 aliphatic carbocycles. The second-order valence-corrected chi connectivity index (χ2v) is 6.65. The maximum Gasteiger partial charge on any atom is 0.343 e. The summed E-state index contributed by atoms with van der Waals surface area (Å²) in [5.41, 5.74) is 0.0450. The van der Waals surface area contributed by atoms with E-state index in [1.54, 1.807) is 18.2 Å². The number of carbonyl (C=O) groups is 2. The second-order valence-electron chi connectivity index (χ2n) is 6.65. The zero-order valence-electron chi connectivity index (χ0n) is 17.6. The topological polar surface area (TPSA) is 105 Å². The number of nitro benzene ring substituents is 1. The van der Waals surface area contributed by atoms with Crippen LogP contribution in [0.3, 0.4) is 0 Å². The summed E-state index contributed by atoms with van der Waals surface area (Å²) >= 11 is 0. The Kier molecular flexibility index (Phi) is 7.14. The molecule has 0 amide bonds. The largest absolute Gasteiger partial charge is 0.493 e. The van der Waals surface area contributed by atoms with E-state index < -0.39 is 22.5 Å². The van der Waals surface area contributed by atoms with Crippen molar-refractivity contribution in [3.63, 3.8) is 0 Å². The van der Waals surface area contributed by atoms with Crippen LogP contribution < -0.4 is 14.2 Å². The first-order valence-corrected chi connectivity index (χ1v) is 9.53. The quantitative estimate of drug-likeness (QED) is 0.120. The van der Waals surface area contributed by atoms with Crippen LogP contribution in [0.2, 0.25) is 0 Å². The Bertz CT molecular complexity index is 1250. The maximum atomic E-state index is 13.8. The fourth-order valence-corrected chi connectivity index (χ4v) is 2.91. The monoisotopic (exact) mass is 451 g/mol. The van der Waals surface area contributed by atoms with Crippen molar-refractivity contribution in [1.29, 1.82) is 0 Å². The minimum absolute atomic E-state index is 0.0900. The van der Waals surface area contributed by atoms with Crippen molar-refractivity contribution in [2.75, 3.05) is 14.2 Å². The van der Waals surface area contributed by atoms with Crippen LogP contribution in [0.4, 0.5) is 10.1 Å². The van der Waals surface area contributed by atoms with Gasteiger partial charge in [-0.1, -0.05) is 18.2 Å². The number of halogens is 1. The molecule has 0 heterocycles. The van der Waals surface area contributed by atoms with Gasteiger partial charge in [0, 0.05) is 12.1 Å². The zero-order valence-corrected chi connectivity index (χ0v) is 17.6. The number of methoxy groups -OCH3 is 2. The summed E-state index contributed by atoms with van der Waals surface area (Å²) in [6.07, 6.45) is 2.68. The molecule has 0 saturated carbocycles. The van der Waals surface area contributed by atoms with Crippen molar-refractivity contribution in [2.45, 2.75) is 0 Å². The highest BCUT2D eigenvalue weighted by molar-refractivity contribution is 6.09. The molecule has 168 valence electrons. The van der Waals surface area contributed by atoms with E-state index in [0.29, 0.717) is 17.1 Å². The number of benzene rings is 3. The van der Waals surface area contributed by atoms with Crippen LogP contribution in [0.5, 0.6) is 17.2 Å². The van der Waals surface area contributed by atoms with Gasteiger partial charge in [0.15, 0.2) is 17.3 Å². The van der Waals surface area contributed by atoms with Gasteiger partial charge in [0.1, 0.15) is 11.6 Å². The third-order valence-corrected chi connectivity index (χ3v) is 4.54. The highest BCUT2D eigenvalue weighted by atomic mass is 19.1. The molecule has 9 heteroatoms. The number of non-ortho nitro benzene ring substituents is 1. The molecule has 0 spiro atoms. The first-order chi connectivity index (χ1) is 15.8. The Labute approximate surface area is 188 Å². The number of rotatable bonds is 8. The first-order valence-electron chi connectivity index (χ1n) is 9.53. The molecule has 0 aliphatic rings. The summed E-state index contributed by atoms with van der Waals surface area (Å²) in [4.78, 5) is 35.5. The molecule has 0 fully saturated rings. The second kappa shape index (κ2) is 10.2. The van der Waals surface area contributed by atoms with E-state index >= 15 is 0 Å². The molecular weight excluding hydrogens is 433 g/mol. The lowest BCUT2D eigenvalue weighted by Gasteiger charge is -2.09. The fourth-order valence-electron chi connectivity index (χ4n) is 2.91. The zero-order chi connectivity index (χ0) is 24.0. The first kappa shape index (κ1) is 23.1. The van der Waals surface area contributed by atoms with Gasteiger partial charge in [-0.05, 0) is 48.0 Å². The number of nitro groups is 1. The Hall–Kier alpha value is -4.53. The summed E-state index contributed by atoms with van der Waals surface area (Å²) in [5.74, 6) is -1.46. The maximum absolute atomic E-state index is 13.8. The molecule has 8 nitrogen and oxygen atoms in total. The van der Waals surface area contributed by atoms with Crippen molar-refractivity contribution < 1.29 is 33.1 Å². The number of ketones is 1. The van der Waals surface area contributed by atoms with Gasteiger partial charge in [0.25, 0.3) is 5.69 Å². The van der Waals surface area contributed by atoms with Gasteiger partial charge in [-0.2, -0.15) is 0 Å². The molecule has 0 N–H and O–H groups in total. The number of nitrogens with zero attached hydrogens (tertiary/aromatic N) is 1. The van der Waals surface area contributed by atoms with Crippen LogP contribution in [-0.2, 0) is 0 Å². The molecule has 0 saturated heterocycles. The van der Waals surface area contributed by atoms with Crippen molar-refractivity contribution in [3.05, 3.63) is 99.4 Å². The smallest absolute Gasteiger partial charge is 0.343 e. The van der Waals surface area contributed by atoms with Crippen molar-refractivity contribution >= 4 is 23.5 Å². The van der Waals surface area contributed by atoms with Crippen molar-refractivity contribution in [3.8, 4) is 17.2 Å². The van der Waals surface area contributed by atoms with Gasteiger partial charge in [0.2, 0.25) is 0 Å². The Morgan fingerprint density at radius 3 is 2.36 bits per heavy atom. The minimum atomic E-state index is -0.928. The Morgan fingerprint density at radius 2 is 1.67 bits per heavy atom. The Morgan fingerprint density at radius 1 is 0.939 bits per heavy atom. The predicted molar refractivity (Wildman–Crippen MR) is 117 cm³/mol. The standard InChI is InChI=1S/C24H18FNO7/c1-31-22-10-7-15(12-23(22)32-2)6-9-20(27)19-14-17(25)8-11-21(19)33-24(28)16-4-3-5-18(13-16)26(29)30/h3-14H,1-2H3/b9-6+. The molecule has 0 bridgehead atoms. The van der Waals surface area contributed by atoms with Gasteiger partial charge < -0.3 is 14.2 Å². The number of carbonyl (C=O) groups excluding carboxylic acids is 2. The molecule has 0 atom stereocenters. The van der Waals surface area contributed by atoms with Crippen LogP contribution in [0, 0.1) is 15.9 Å². The molecular formula is C24H18FNO7. The summed E-state index contributed by atoms with van der Waals surface area (Å²) in [6.45, 7) is 0. The summed E-state index contributed by atoms with van der Waals surface area (Å²) in [5, 5.41) is 10.9. The van der Waals surface area contributed by atoms with Crippen LogP contribution in [-0.4, -0.2) is 30.9 Å². The van der Waals surface area contributed by atoms with Gasteiger partial charge in [0.05, 0.1) is 30.3 Å². The fraction of sp³-hybridized carbons (Fsp3) is 0.0833. The number of hydrogen-bond donors (Lipinski definition) is 0. The molecule has 3 rings (SSSR count). The predicted octanol–water partition coefficient (Wildman–Crippen LogP) is 4.87. The van der Waals surface area contributed by atoms with Crippen LogP contribution in [0.25, 0.3) is 6.08 Å². The van der Waals surface area contributed by atoms with Gasteiger partial charge in [-0.25, -0.2) is 9.18 Å². The third kappa shape index (κ3) is 5.59. The van der Waals surface area contributed by atoms with Gasteiger partial charge in [-0.3, -0.25) is 14.9 Å². The Balaban J connectivity index is 1.85. The van der Waals surface area contributed by atoms with Crippen LogP contribution in [0.1, 0.15) is 26.3 Å². The summed E-state index contributed by atoms with van der Waals surface area (Å²) in [7, 11) is 2.97. The third-order valence-electron chi connectivity index (χ3n) is 4.54. The minimum Gasteiger partial charge on any atom is -0.493 e. The molecule has 0 unspecified atom stereocenters. The number of ether oxygens (including phenoxy) is 3. The summed E-state index contributed by atoms with van der Waals surface area (Å²) in [6, 6.07) is 13.1.